The number of carbonyl (C=O) groups excluding carboxylic acids is 2. The molecule has 7 heteroatoms. The summed E-state index contributed by atoms with van der Waals surface area (Å²) >= 11 is 2.04. The van der Waals surface area contributed by atoms with Crippen LogP contribution in [0.5, 0.6) is 0 Å². The molecule has 0 radical (unpaired) electrons. The molecule has 0 fully saturated rings. The standard InChI is InChI=1S/C15H16IN3O3/c16-10-13(14(20)18-19-8-4-5-9-19)17-15(21)22-11-12-6-2-1-3-7-12/h1-9,13H,10-11H2,(H,17,21)(H,18,20)/t13-/m0/s1. The third kappa shape index (κ3) is 5.06. The largest absolute Gasteiger partial charge is 0.445 e. The van der Waals surface area contributed by atoms with Crippen LogP contribution in [0.3, 0.4) is 0 Å². The predicted molar refractivity (Wildman–Crippen MR) is 91.2 cm³/mol. The summed E-state index contributed by atoms with van der Waals surface area (Å²) < 4.78 is 7.07. The highest BCUT2D eigenvalue weighted by atomic mass is 127. The summed E-state index contributed by atoms with van der Waals surface area (Å²) in [5.41, 5.74) is 3.54. The number of carbonyl (C=O) groups is 2. The summed E-state index contributed by atoms with van der Waals surface area (Å²) in [6.07, 6.45) is 2.79. The smallest absolute Gasteiger partial charge is 0.408 e. The number of hydrogen-bond acceptors (Lipinski definition) is 3. The quantitative estimate of drug-likeness (QED) is 0.564. The first-order chi connectivity index (χ1) is 10.7. The van der Waals surface area contributed by atoms with Gasteiger partial charge in [0.2, 0.25) is 0 Å². The fraction of sp³-hybridized carbons (Fsp3) is 0.200. The Morgan fingerprint density at radius 2 is 1.82 bits per heavy atom. The molecule has 1 aromatic carbocycles. The van der Waals surface area contributed by atoms with Crippen molar-refractivity contribution >= 4 is 34.6 Å². The van der Waals surface area contributed by atoms with Crippen molar-refractivity contribution in [3.63, 3.8) is 0 Å². The van der Waals surface area contributed by atoms with Gasteiger partial charge in [-0.3, -0.25) is 14.9 Å². The van der Waals surface area contributed by atoms with Gasteiger partial charge in [0, 0.05) is 16.8 Å². The SMILES string of the molecule is O=C(N[C@@H](CI)C(=O)Nn1cccc1)OCc1ccccc1. The Balaban J connectivity index is 1.81. The first-order valence-electron chi connectivity index (χ1n) is 6.66. The maximum Gasteiger partial charge on any atom is 0.408 e. The van der Waals surface area contributed by atoms with E-state index in [9.17, 15) is 9.59 Å². The molecule has 6 nitrogen and oxygen atoms in total. The van der Waals surface area contributed by atoms with E-state index in [4.69, 9.17) is 4.74 Å². The number of halogens is 1. The molecular formula is C15H16IN3O3. The maximum absolute atomic E-state index is 12.0. The number of hydrogen-bond donors (Lipinski definition) is 2. The fourth-order valence-electron chi connectivity index (χ4n) is 1.70. The van der Waals surface area contributed by atoms with Crippen LogP contribution >= 0.6 is 22.6 Å². The lowest BCUT2D eigenvalue weighted by Crippen LogP contribution is -2.46. The zero-order valence-electron chi connectivity index (χ0n) is 11.7. The number of amides is 2. The minimum atomic E-state index is -0.661. The molecular weight excluding hydrogens is 397 g/mol. The maximum atomic E-state index is 12.0. The number of ether oxygens (including phenoxy) is 1. The van der Waals surface area contributed by atoms with Gasteiger partial charge in [0.15, 0.2) is 0 Å². The molecule has 1 heterocycles. The second kappa shape index (κ2) is 8.42. The Kier molecular flexibility index (Phi) is 6.26. The van der Waals surface area contributed by atoms with Crippen molar-refractivity contribution in [1.29, 1.82) is 0 Å². The number of nitrogens with one attached hydrogen (secondary N) is 2. The first kappa shape index (κ1) is 16.3. The highest BCUT2D eigenvalue weighted by Crippen LogP contribution is 2.01. The molecule has 0 spiro atoms. The van der Waals surface area contributed by atoms with Crippen molar-refractivity contribution in [2.24, 2.45) is 0 Å². The van der Waals surface area contributed by atoms with Crippen LogP contribution in [-0.4, -0.2) is 27.1 Å². The van der Waals surface area contributed by atoms with Crippen LogP contribution in [0.25, 0.3) is 0 Å². The molecule has 2 rings (SSSR count). The summed E-state index contributed by atoms with van der Waals surface area (Å²) in [7, 11) is 0. The Hall–Kier alpha value is -2.03. The van der Waals surface area contributed by atoms with Gasteiger partial charge in [-0.2, -0.15) is 0 Å². The van der Waals surface area contributed by atoms with Crippen LogP contribution in [0, 0.1) is 0 Å². The topological polar surface area (TPSA) is 72.4 Å². The van der Waals surface area contributed by atoms with Gasteiger partial charge in [0.05, 0.1) is 0 Å². The molecule has 1 atom stereocenters. The van der Waals surface area contributed by atoms with Crippen molar-refractivity contribution in [3.8, 4) is 0 Å². The molecule has 1 aromatic heterocycles. The minimum absolute atomic E-state index is 0.167. The number of benzene rings is 1. The number of rotatable bonds is 6. The van der Waals surface area contributed by atoms with E-state index in [2.05, 4.69) is 10.7 Å². The van der Waals surface area contributed by atoms with Gasteiger partial charge in [-0.1, -0.05) is 52.9 Å². The summed E-state index contributed by atoms with van der Waals surface area (Å²) in [4.78, 5) is 23.8. The van der Waals surface area contributed by atoms with Crippen LogP contribution < -0.4 is 10.7 Å². The van der Waals surface area contributed by atoms with Crippen LogP contribution in [0.2, 0.25) is 0 Å². The van der Waals surface area contributed by atoms with Crippen LogP contribution in [0.1, 0.15) is 5.56 Å². The number of alkyl carbamates (subject to hydrolysis) is 1. The lowest BCUT2D eigenvalue weighted by molar-refractivity contribution is -0.118. The van der Waals surface area contributed by atoms with Crippen molar-refractivity contribution in [2.75, 3.05) is 9.85 Å². The third-order valence-electron chi connectivity index (χ3n) is 2.82. The predicted octanol–water partition coefficient (Wildman–Crippen LogP) is 2.29. The summed E-state index contributed by atoms with van der Waals surface area (Å²) in [5, 5.41) is 2.56. The molecule has 2 amide bonds. The van der Waals surface area contributed by atoms with Gasteiger partial charge in [-0.05, 0) is 17.7 Å². The average molecular weight is 413 g/mol. The highest BCUT2D eigenvalue weighted by Gasteiger charge is 2.20. The van der Waals surface area contributed by atoms with Gasteiger partial charge in [0.1, 0.15) is 12.6 Å². The van der Waals surface area contributed by atoms with Crippen LogP contribution in [0.15, 0.2) is 54.9 Å². The van der Waals surface area contributed by atoms with Gasteiger partial charge >= 0.3 is 6.09 Å². The van der Waals surface area contributed by atoms with Gasteiger partial charge in [-0.15, -0.1) is 0 Å². The molecule has 2 aromatic rings. The van der Waals surface area contributed by atoms with Crippen molar-refractivity contribution in [2.45, 2.75) is 12.6 Å². The molecule has 0 saturated carbocycles. The van der Waals surface area contributed by atoms with E-state index < -0.39 is 12.1 Å². The van der Waals surface area contributed by atoms with Gasteiger partial charge < -0.3 is 10.1 Å². The first-order valence-corrected chi connectivity index (χ1v) is 8.18. The van der Waals surface area contributed by atoms with Crippen molar-refractivity contribution < 1.29 is 14.3 Å². The van der Waals surface area contributed by atoms with Gasteiger partial charge in [-0.25, -0.2) is 4.79 Å². The zero-order valence-corrected chi connectivity index (χ0v) is 13.9. The molecule has 0 aliphatic rings. The Morgan fingerprint density at radius 1 is 1.14 bits per heavy atom. The molecule has 0 saturated heterocycles. The van der Waals surface area contributed by atoms with E-state index >= 15 is 0 Å². The highest BCUT2D eigenvalue weighted by molar-refractivity contribution is 14.1. The fourth-order valence-corrected chi connectivity index (χ4v) is 2.32. The summed E-state index contributed by atoms with van der Waals surface area (Å²) in [6, 6.07) is 12.3. The minimum Gasteiger partial charge on any atom is -0.445 e. The van der Waals surface area contributed by atoms with E-state index in [-0.39, 0.29) is 12.5 Å². The Morgan fingerprint density at radius 3 is 2.45 bits per heavy atom. The van der Waals surface area contributed by atoms with E-state index in [0.29, 0.717) is 4.43 Å². The number of aromatic nitrogens is 1. The third-order valence-corrected chi connectivity index (χ3v) is 3.70. The summed E-state index contributed by atoms with van der Waals surface area (Å²) in [5.74, 6) is -0.303. The molecule has 0 bridgehead atoms. The number of alkyl halides is 1. The van der Waals surface area contributed by atoms with E-state index in [1.165, 1.54) is 4.68 Å². The monoisotopic (exact) mass is 413 g/mol. The second-order valence-electron chi connectivity index (χ2n) is 4.48. The van der Waals surface area contributed by atoms with Crippen LogP contribution in [0.4, 0.5) is 4.79 Å². The number of nitrogens with zero attached hydrogens (tertiary/aromatic N) is 1. The molecule has 2 N–H and O–H groups in total. The lowest BCUT2D eigenvalue weighted by Gasteiger charge is -2.16. The molecule has 0 unspecified atom stereocenters. The Bertz CT molecular complexity index is 602. The summed E-state index contributed by atoms with van der Waals surface area (Å²) in [6.45, 7) is 0.167. The van der Waals surface area contributed by atoms with Gasteiger partial charge in [0.25, 0.3) is 5.91 Å². The van der Waals surface area contributed by atoms with E-state index in [1.54, 1.807) is 24.5 Å². The van der Waals surface area contributed by atoms with E-state index in [0.717, 1.165) is 5.56 Å². The zero-order chi connectivity index (χ0) is 15.8. The molecule has 0 aliphatic heterocycles. The normalized spacial score (nSPS) is 11.5. The van der Waals surface area contributed by atoms with E-state index in [1.807, 2.05) is 52.9 Å². The lowest BCUT2D eigenvalue weighted by atomic mass is 10.2. The Labute approximate surface area is 142 Å². The second-order valence-corrected chi connectivity index (χ2v) is 5.36. The molecule has 0 aliphatic carbocycles. The van der Waals surface area contributed by atoms with Crippen molar-refractivity contribution in [1.82, 2.24) is 9.99 Å². The van der Waals surface area contributed by atoms with Crippen molar-refractivity contribution in [3.05, 3.63) is 60.4 Å². The molecule has 116 valence electrons. The molecule has 22 heavy (non-hydrogen) atoms. The van der Waals surface area contributed by atoms with Crippen LogP contribution in [-0.2, 0) is 16.1 Å². The average Bonchev–Trinajstić information content (AvgIpc) is 3.04.